The first-order chi connectivity index (χ1) is 18.3. The van der Waals surface area contributed by atoms with Gasteiger partial charge in [0, 0.05) is 5.56 Å². The Balaban J connectivity index is 2.25. The Morgan fingerprint density at radius 3 is 1.87 bits per heavy atom. The van der Waals surface area contributed by atoms with Crippen molar-refractivity contribution in [3.63, 3.8) is 0 Å². The van der Waals surface area contributed by atoms with Crippen molar-refractivity contribution < 1.29 is 38.2 Å². The van der Waals surface area contributed by atoms with Crippen molar-refractivity contribution in [3.8, 4) is 23.0 Å². The molecule has 0 aromatic heterocycles. The van der Waals surface area contributed by atoms with Crippen LogP contribution in [0, 0.1) is 7.14 Å². The number of hydrogen-bond acceptors (Lipinski definition) is 8. The van der Waals surface area contributed by atoms with Crippen LogP contribution in [-0.4, -0.2) is 48.7 Å². The second kappa shape index (κ2) is 15.4. The van der Waals surface area contributed by atoms with Gasteiger partial charge in [-0.15, -0.1) is 0 Å². The molecule has 0 unspecified atom stereocenters. The van der Waals surface area contributed by atoms with E-state index in [0.29, 0.717) is 17.2 Å². The molecule has 2 rings (SSSR count). The predicted molar refractivity (Wildman–Crippen MR) is 166 cm³/mol. The van der Waals surface area contributed by atoms with E-state index >= 15 is 0 Å². The highest BCUT2D eigenvalue weighted by atomic mass is 127. The van der Waals surface area contributed by atoms with Crippen molar-refractivity contribution in [1.82, 2.24) is 10.2 Å². The summed E-state index contributed by atoms with van der Waals surface area (Å²) in [5.41, 5.74) is 0.780. The van der Waals surface area contributed by atoms with Crippen LogP contribution in [0.3, 0.4) is 0 Å². The number of benzene rings is 2. The van der Waals surface area contributed by atoms with E-state index in [2.05, 4.69) is 55.4 Å². The first-order valence-electron chi connectivity index (χ1n) is 12.4. The lowest BCUT2D eigenvalue weighted by atomic mass is 10.0. The fraction of sp³-hybridized carbons (Fsp3) is 0.462. The van der Waals surface area contributed by atoms with Gasteiger partial charge < -0.3 is 24.1 Å². The molecule has 3 N–H and O–H groups in total. The van der Waals surface area contributed by atoms with Gasteiger partial charge >= 0.3 is 11.9 Å². The van der Waals surface area contributed by atoms with E-state index in [4.69, 9.17) is 18.9 Å². The lowest BCUT2D eigenvalue weighted by Gasteiger charge is -2.26. The van der Waals surface area contributed by atoms with Crippen LogP contribution in [0.4, 0.5) is 0 Å². The Kier molecular flexibility index (Phi) is 13.3. The maximum Gasteiger partial charge on any atom is 0.323 e. The molecule has 2 aromatic rings. The summed E-state index contributed by atoms with van der Waals surface area (Å²) in [7, 11) is -3.65. The number of aromatic hydroxyl groups is 1. The third-order valence-electron chi connectivity index (χ3n) is 5.31. The standard InChI is InChI=1S/C26H35I2N2O8P/c1-7-35-25(32)16(5)29-39(34,30-17(6)26(33)36-8-2)14-37-19-12-21(27)24(22(28)13-19)38-18-9-10-23(31)20(11-18)15(3)4/h9-13,15-17,31H,7-8,14H2,1-6H3,(H2,29,30,34)/t16-,17-/m0/s1. The van der Waals surface area contributed by atoms with Gasteiger partial charge in [-0.05, 0) is 109 Å². The molecule has 0 aliphatic rings. The maximum atomic E-state index is 13.8. The van der Waals surface area contributed by atoms with Gasteiger partial charge in [-0.25, -0.2) is 10.2 Å². The summed E-state index contributed by atoms with van der Waals surface area (Å²) in [6.07, 6.45) is -0.359. The quantitative estimate of drug-likeness (QED) is 0.117. The second-order valence-corrected chi connectivity index (χ2v) is 13.5. The number of ether oxygens (including phenoxy) is 4. The van der Waals surface area contributed by atoms with Gasteiger partial charge in [0.15, 0.2) is 12.1 Å². The van der Waals surface area contributed by atoms with E-state index in [-0.39, 0.29) is 31.2 Å². The number of nitrogens with one attached hydrogen (secondary N) is 2. The summed E-state index contributed by atoms with van der Waals surface area (Å²) in [6.45, 7) is 10.7. The number of halogens is 2. The Morgan fingerprint density at radius 1 is 0.897 bits per heavy atom. The molecular weight excluding hydrogens is 753 g/mol. The summed E-state index contributed by atoms with van der Waals surface area (Å²) in [5.74, 6) is 0.786. The third kappa shape index (κ3) is 10.1. The maximum absolute atomic E-state index is 13.8. The summed E-state index contributed by atoms with van der Waals surface area (Å²) in [5, 5.41) is 15.6. The van der Waals surface area contributed by atoms with Gasteiger partial charge in [-0.3, -0.25) is 14.2 Å². The Hall–Kier alpha value is -1.61. The number of hydrogen-bond donors (Lipinski definition) is 3. The number of phenolic OH excluding ortho intramolecular Hbond substituents is 1. The SMILES string of the molecule is CCOC(=O)[C@H](C)NP(=O)(COc1cc(I)c(Oc2ccc(O)c(C(C)C)c2)c(I)c1)N[C@@H](C)C(=O)OCC. The highest BCUT2D eigenvalue weighted by molar-refractivity contribution is 14.1. The molecule has 0 bridgehead atoms. The minimum atomic E-state index is -3.65. The fourth-order valence-electron chi connectivity index (χ4n) is 3.44. The van der Waals surface area contributed by atoms with Crippen LogP contribution in [0.15, 0.2) is 30.3 Å². The van der Waals surface area contributed by atoms with Crippen molar-refractivity contribution in [2.24, 2.45) is 0 Å². The van der Waals surface area contributed by atoms with Crippen LogP contribution in [0.2, 0.25) is 0 Å². The third-order valence-corrected chi connectivity index (χ3v) is 9.01. The molecule has 0 spiro atoms. The molecule has 0 fully saturated rings. The van der Waals surface area contributed by atoms with E-state index in [1.165, 1.54) is 13.8 Å². The molecule has 2 aromatic carbocycles. The first-order valence-corrected chi connectivity index (χ1v) is 16.5. The number of rotatable bonds is 14. The first kappa shape index (κ1) is 33.6. The molecule has 216 valence electrons. The Morgan fingerprint density at radius 2 is 1.41 bits per heavy atom. The van der Waals surface area contributed by atoms with Crippen molar-refractivity contribution >= 4 is 64.6 Å². The van der Waals surface area contributed by atoms with Crippen molar-refractivity contribution in [3.05, 3.63) is 43.0 Å². The summed E-state index contributed by atoms with van der Waals surface area (Å²) < 4.78 is 37.3. The second-order valence-electron chi connectivity index (χ2n) is 8.91. The van der Waals surface area contributed by atoms with Gasteiger partial charge in [-0.2, -0.15) is 0 Å². The van der Waals surface area contributed by atoms with Gasteiger partial charge in [0.25, 0.3) is 0 Å². The van der Waals surface area contributed by atoms with Crippen LogP contribution < -0.4 is 19.6 Å². The van der Waals surface area contributed by atoms with Gasteiger partial charge in [0.1, 0.15) is 29.3 Å². The van der Waals surface area contributed by atoms with Crippen molar-refractivity contribution in [2.45, 2.75) is 59.5 Å². The Labute approximate surface area is 256 Å². The van der Waals surface area contributed by atoms with Crippen LogP contribution in [-0.2, 0) is 23.6 Å². The van der Waals surface area contributed by atoms with Crippen LogP contribution in [0.1, 0.15) is 53.0 Å². The molecule has 0 heterocycles. The smallest absolute Gasteiger partial charge is 0.323 e. The summed E-state index contributed by atoms with van der Waals surface area (Å²) in [4.78, 5) is 24.4. The van der Waals surface area contributed by atoms with Crippen molar-refractivity contribution in [1.29, 1.82) is 0 Å². The van der Waals surface area contributed by atoms with E-state index in [1.807, 2.05) is 13.8 Å². The monoisotopic (exact) mass is 788 g/mol. The van der Waals surface area contributed by atoms with Gasteiger partial charge in [-0.1, -0.05) is 13.8 Å². The van der Waals surface area contributed by atoms with Crippen LogP contribution >= 0.6 is 52.6 Å². The summed E-state index contributed by atoms with van der Waals surface area (Å²) >= 11 is 4.24. The largest absolute Gasteiger partial charge is 0.508 e. The van der Waals surface area contributed by atoms with E-state index < -0.39 is 31.5 Å². The highest BCUT2D eigenvalue weighted by Crippen LogP contribution is 2.41. The average Bonchev–Trinajstić information content (AvgIpc) is 2.86. The number of phenols is 1. The zero-order valence-corrected chi connectivity index (χ0v) is 28.0. The van der Waals surface area contributed by atoms with Crippen molar-refractivity contribution in [2.75, 3.05) is 19.6 Å². The zero-order valence-electron chi connectivity index (χ0n) is 22.7. The molecule has 0 saturated heterocycles. The van der Waals surface area contributed by atoms with Gasteiger partial charge in [0.05, 0.1) is 20.4 Å². The van der Waals surface area contributed by atoms with E-state index in [9.17, 15) is 19.3 Å². The van der Waals surface area contributed by atoms with E-state index in [0.717, 1.165) is 12.7 Å². The number of carbonyl (C=O) groups excluding carboxylic acids is 2. The number of esters is 2. The minimum absolute atomic E-state index is 0.124. The zero-order chi connectivity index (χ0) is 29.3. The van der Waals surface area contributed by atoms with E-state index in [1.54, 1.807) is 44.2 Å². The highest BCUT2D eigenvalue weighted by Gasteiger charge is 2.32. The lowest BCUT2D eigenvalue weighted by Crippen LogP contribution is -2.43. The molecule has 0 radical (unpaired) electrons. The molecule has 0 amide bonds. The van der Waals surface area contributed by atoms with Gasteiger partial charge in [0.2, 0.25) is 7.44 Å². The molecule has 0 aliphatic heterocycles. The fourth-order valence-corrected chi connectivity index (χ4v) is 7.38. The normalized spacial score (nSPS) is 13.1. The molecule has 39 heavy (non-hydrogen) atoms. The minimum Gasteiger partial charge on any atom is -0.508 e. The van der Waals surface area contributed by atoms with Crippen LogP contribution in [0.25, 0.3) is 0 Å². The van der Waals surface area contributed by atoms with Crippen LogP contribution in [0.5, 0.6) is 23.0 Å². The molecule has 10 nitrogen and oxygen atoms in total. The average molecular weight is 788 g/mol. The molecular formula is C26H35I2N2O8P. The Bertz CT molecular complexity index is 1160. The number of carbonyl (C=O) groups is 2. The predicted octanol–water partition coefficient (Wildman–Crippen LogP) is 6.13. The molecule has 2 atom stereocenters. The molecule has 0 saturated carbocycles. The molecule has 13 heteroatoms. The summed E-state index contributed by atoms with van der Waals surface area (Å²) in [6, 6.07) is 6.73. The lowest BCUT2D eigenvalue weighted by molar-refractivity contribution is -0.145. The molecule has 0 aliphatic carbocycles. The topological polar surface area (TPSA) is 132 Å².